The van der Waals surface area contributed by atoms with Gasteiger partial charge in [0.05, 0.1) is 22.7 Å². The number of nitriles is 1. The van der Waals surface area contributed by atoms with E-state index in [0.29, 0.717) is 5.56 Å². The van der Waals surface area contributed by atoms with Gasteiger partial charge in [0, 0.05) is 32.4 Å². The topological polar surface area (TPSA) is 79.0 Å². The quantitative estimate of drug-likeness (QED) is 0.845. The van der Waals surface area contributed by atoms with Crippen LogP contribution < -0.4 is 0 Å². The molecule has 0 fully saturated rings. The van der Waals surface area contributed by atoms with Gasteiger partial charge in [0.15, 0.2) is 0 Å². The van der Waals surface area contributed by atoms with Crippen molar-refractivity contribution in [3.63, 3.8) is 0 Å². The van der Waals surface area contributed by atoms with E-state index in [9.17, 15) is 8.42 Å². The van der Waals surface area contributed by atoms with Crippen molar-refractivity contribution in [1.29, 1.82) is 5.26 Å². The summed E-state index contributed by atoms with van der Waals surface area (Å²) in [5.74, 6) is 0. The second-order valence-corrected chi connectivity index (χ2v) is 6.47. The Kier molecular flexibility index (Phi) is 3.88. The van der Waals surface area contributed by atoms with Gasteiger partial charge in [0.2, 0.25) is 10.0 Å². The summed E-state index contributed by atoms with van der Waals surface area (Å²) in [6.45, 7) is 0.229. The Bertz CT molecular complexity index is 759. The lowest BCUT2D eigenvalue weighted by Crippen LogP contribution is -2.26. The number of nitrogens with zero attached hydrogens (tertiary/aromatic N) is 4. The van der Waals surface area contributed by atoms with Gasteiger partial charge in [-0.05, 0) is 18.2 Å². The third-order valence-corrected chi connectivity index (χ3v) is 4.63. The number of rotatable bonds is 4. The van der Waals surface area contributed by atoms with Gasteiger partial charge in [0.1, 0.15) is 0 Å². The highest BCUT2D eigenvalue weighted by Gasteiger charge is 2.21. The molecule has 0 bridgehead atoms. The third-order valence-electron chi connectivity index (χ3n) is 2.83. The predicted octanol–water partition coefficient (Wildman–Crippen LogP) is 1.11. The highest BCUT2D eigenvalue weighted by molar-refractivity contribution is 7.89. The molecule has 0 spiro atoms. The van der Waals surface area contributed by atoms with Crippen LogP contribution in [0.3, 0.4) is 0 Å². The number of benzene rings is 1. The summed E-state index contributed by atoms with van der Waals surface area (Å²) in [7, 11) is -0.342. The van der Waals surface area contributed by atoms with E-state index in [2.05, 4.69) is 5.10 Å². The number of aryl methyl sites for hydroxylation is 1. The van der Waals surface area contributed by atoms with Crippen LogP contribution in [-0.4, -0.2) is 29.6 Å². The smallest absolute Gasteiger partial charge is 0.243 e. The SMILES string of the molecule is CN(Cc1cnn(C)c1)S(=O)(=O)c1cccc(C#N)c1. The zero-order valence-corrected chi connectivity index (χ0v) is 12.0. The number of sulfonamides is 1. The molecule has 20 heavy (non-hydrogen) atoms. The maximum atomic E-state index is 12.4. The van der Waals surface area contributed by atoms with E-state index in [1.54, 1.807) is 36.3 Å². The summed E-state index contributed by atoms with van der Waals surface area (Å²) >= 11 is 0. The predicted molar refractivity (Wildman–Crippen MR) is 73.0 cm³/mol. The van der Waals surface area contributed by atoms with Gasteiger partial charge in [-0.1, -0.05) is 6.07 Å². The molecule has 0 saturated carbocycles. The molecule has 6 nitrogen and oxygen atoms in total. The summed E-state index contributed by atoms with van der Waals surface area (Å²) in [5, 5.41) is 12.8. The highest BCUT2D eigenvalue weighted by Crippen LogP contribution is 2.17. The van der Waals surface area contributed by atoms with E-state index in [0.717, 1.165) is 5.56 Å². The molecular weight excluding hydrogens is 276 g/mol. The Labute approximate surface area is 117 Å². The molecule has 0 atom stereocenters. The molecule has 104 valence electrons. The van der Waals surface area contributed by atoms with Crippen LogP contribution in [0.2, 0.25) is 0 Å². The van der Waals surface area contributed by atoms with Gasteiger partial charge in [-0.3, -0.25) is 4.68 Å². The largest absolute Gasteiger partial charge is 0.275 e. The van der Waals surface area contributed by atoms with E-state index in [-0.39, 0.29) is 11.4 Å². The second-order valence-electron chi connectivity index (χ2n) is 4.42. The van der Waals surface area contributed by atoms with Crippen LogP contribution in [0.15, 0.2) is 41.6 Å². The lowest BCUT2D eigenvalue weighted by molar-refractivity contribution is 0.466. The number of hydrogen-bond donors (Lipinski definition) is 0. The molecule has 0 radical (unpaired) electrons. The van der Waals surface area contributed by atoms with Crippen LogP contribution >= 0.6 is 0 Å². The van der Waals surface area contributed by atoms with Gasteiger partial charge >= 0.3 is 0 Å². The van der Waals surface area contributed by atoms with Crippen molar-refractivity contribution in [3.8, 4) is 6.07 Å². The summed E-state index contributed by atoms with van der Waals surface area (Å²) in [4.78, 5) is 0.114. The minimum atomic E-state index is -3.62. The fourth-order valence-electron chi connectivity index (χ4n) is 1.80. The molecule has 1 heterocycles. The third kappa shape index (κ3) is 2.87. The van der Waals surface area contributed by atoms with Crippen molar-refractivity contribution >= 4 is 10.0 Å². The first kappa shape index (κ1) is 14.2. The van der Waals surface area contributed by atoms with E-state index in [4.69, 9.17) is 5.26 Å². The van der Waals surface area contributed by atoms with Crippen LogP contribution in [0.1, 0.15) is 11.1 Å². The molecule has 0 aliphatic heterocycles. The van der Waals surface area contributed by atoms with E-state index < -0.39 is 10.0 Å². The second kappa shape index (κ2) is 5.45. The zero-order chi connectivity index (χ0) is 14.8. The number of hydrogen-bond acceptors (Lipinski definition) is 4. The minimum absolute atomic E-state index is 0.114. The first-order valence-corrected chi connectivity index (χ1v) is 7.31. The minimum Gasteiger partial charge on any atom is -0.275 e. The fourth-order valence-corrected chi connectivity index (χ4v) is 3.01. The van der Waals surface area contributed by atoms with Crippen molar-refractivity contribution in [3.05, 3.63) is 47.8 Å². The van der Waals surface area contributed by atoms with E-state index in [1.807, 2.05) is 6.07 Å². The molecule has 7 heteroatoms. The summed E-state index contributed by atoms with van der Waals surface area (Å²) in [5.41, 5.74) is 1.12. The van der Waals surface area contributed by atoms with Gasteiger partial charge in [-0.25, -0.2) is 8.42 Å². The molecule has 1 aromatic carbocycles. The maximum Gasteiger partial charge on any atom is 0.243 e. The van der Waals surface area contributed by atoms with Crippen LogP contribution in [0.4, 0.5) is 0 Å². The molecule has 0 aliphatic rings. The summed E-state index contributed by atoms with van der Waals surface area (Å²) < 4.78 is 27.7. The van der Waals surface area contributed by atoms with Crippen LogP contribution in [0, 0.1) is 11.3 Å². The Morgan fingerprint density at radius 1 is 1.45 bits per heavy atom. The molecule has 2 aromatic rings. The van der Waals surface area contributed by atoms with E-state index >= 15 is 0 Å². The average molecular weight is 290 g/mol. The van der Waals surface area contributed by atoms with Crippen LogP contribution in [0.25, 0.3) is 0 Å². The molecule has 0 unspecified atom stereocenters. The van der Waals surface area contributed by atoms with Crippen molar-refractivity contribution in [2.45, 2.75) is 11.4 Å². The van der Waals surface area contributed by atoms with Gasteiger partial charge in [-0.15, -0.1) is 0 Å². The maximum absolute atomic E-state index is 12.4. The summed E-state index contributed by atoms with van der Waals surface area (Å²) in [6.07, 6.45) is 3.38. The monoisotopic (exact) mass is 290 g/mol. The molecule has 1 aromatic heterocycles. The number of aromatic nitrogens is 2. The average Bonchev–Trinajstić information content (AvgIpc) is 2.84. The normalized spacial score (nSPS) is 11.5. The molecule has 0 N–H and O–H groups in total. The summed E-state index contributed by atoms with van der Waals surface area (Å²) in [6, 6.07) is 7.92. The van der Waals surface area contributed by atoms with Gasteiger partial charge in [-0.2, -0.15) is 14.7 Å². The first-order valence-electron chi connectivity index (χ1n) is 5.87. The van der Waals surface area contributed by atoms with Crippen molar-refractivity contribution in [2.24, 2.45) is 7.05 Å². The Hall–Kier alpha value is -2.17. The zero-order valence-electron chi connectivity index (χ0n) is 11.2. The van der Waals surface area contributed by atoms with Gasteiger partial charge in [0.25, 0.3) is 0 Å². The molecule has 0 amide bonds. The van der Waals surface area contributed by atoms with Crippen molar-refractivity contribution < 1.29 is 8.42 Å². The van der Waals surface area contributed by atoms with Crippen LogP contribution in [0.5, 0.6) is 0 Å². The Morgan fingerprint density at radius 3 is 2.80 bits per heavy atom. The highest BCUT2D eigenvalue weighted by atomic mass is 32.2. The molecule has 2 rings (SSSR count). The molecule has 0 aliphatic carbocycles. The lowest BCUT2D eigenvalue weighted by atomic mass is 10.2. The standard InChI is InChI=1S/C13H14N4O2S/c1-16-9-12(8-15-16)10-17(2)20(18,19)13-5-3-4-11(6-13)7-14/h3-6,8-9H,10H2,1-2H3. The fraction of sp³-hybridized carbons (Fsp3) is 0.231. The van der Waals surface area contributed by atoms with Crippen molar-refractivity contribution in [2.75, 3.05) is 7.05 Å². The molecular formula is C13H14N4O2S. The Balaban J connectivity index is 2.27. The Morgan fingerprint density at radius 2 is 2.20 bits per heavy atom. The van der Waals surface area contributed by atoms with Gasteiger partial charge < -0.3 is 0 Å². The van der Waals surface area contributed by atoms with E-state index in [1.165, 1.54) is 23.5 Å². The lowest BCUT2D eigenvalue weighted by Gasteiger charge is -2.16. The molecule has 0 saturated heterocycles. The van der Waals surface area contributed by atoms with Crippen LogP contribution in [-0.2, 0) is 23.6 Å². The first-order chi connectivity index (χ1) is 9.43. The van der Waals surface area contributed by atoms with Crippen molar-refractivity contribution in [1.82, 2.24) is 14.1 Å².